The van der Waals surface area contributed by atoms with Gasteiger partial charge in [-0.2, -0.15) is 0 Å². The highest BCUT2D eigenvalue weighted by atomic mass is 16.5. The van der Waals surface area contributed by atoms with Gasteiger partial charge in [0.1, 0.15) is 5.82 Å². The molecule has 2 aromatic rings. The van der Waals surface area contributed by atoms with E-state index in [0.717, 1.165) is 6.54 Å². The molecule has 2 N–H and O–H groups in total. The van der Waals surface area contributed by atoms with Gasteiger partial charge < -0.3 is 19.9 Å². The number of rotatable bonds is 4. The molecule has 0 aliphatic carbocycles. The number of hydrogen-bond acceptors (Lipinski definition) is 5. The summed E-state index contributed by atoms with van der Waals surface area (Å²) in [6.45, 7) is 2.26. The summed E-state index contributed by atoms with van der Waals surface area (Å²) in [6.07, 6.45) is 0.369. The van der Waals surface area contributed by atoms with Crippen molar-refractivity contribution < 1.29 is 9.53 Å². The van der Waals surface area contributed by atoms with Gasteiger partial charge in [0.15, 0.2) is 0 Å². The fraction of sp³-hybridized carbons (Fsp3) is 0.438. The molecule has 3 rings (SSSR count). The Labute approximate surface area is 133 Å². The summed E-state index contributed by atoms with van der Waals surface area (Å²) in [5, 5.41) is 3.81. The molecule has 1 unspecified atom stereocenters. The largest absolute Gasteiger partial charge is 0.378 e. The highest BCUT2D eigenvalue weighted by Gasteiger charge is 2.19. The Bertz CT molecular complexity index is 752. The van der Waals surface area contributed by atoms with Gasteiger partial charge in [-0.15, -0.1) is 0 Å². The Morgan fingerprint density at radius 3 is 3.04 bits per heavy atom. The van der Waals surface area contributed by atoms with E-state index in [1.54, 1.807) is 30.1 Å². The number of hydrogen-bond donors (Lipinski definition) is 2. The van der Waals surface area contributed by atoms with Crippen molar-refractivity contribution in [1.29, 1.82) is 0 Å². The van der Waals surface area contributed by atoms with E-state index in [0.29, 0.717) is 36.4 Å². The quantitative estimate of drug-likeness (QED) is 0.845. The Kier molecular flexibility index (Phi) is 4.68. The maximum absolute atomic E-state index is 12.3. The normalized spacial score (nSPS) is 18.0. The first kappa shape index (κ1) is 15.6. The fourth-order valence-corrected chi connectivity index (χ4v) is 2.64. The third kappa shape index (κ3) is 3.75. The third-order valence-electron chi connectivity index (χ3n) is 3.89. The number of ether oxygens (including phenoxy) is 1. The number of para-hydroxylation sites is 1. The molecule has 23 heavy (non-hydrogen) atoms. The van der Waals surface area contributed by atoms with Crippen LogP contribution >= 0.6 is 0 Å². The van der Waals surface area contributed by atoms with Gasteiger partial charge in [-0.1, -0.05) is 12.1 Å². The first-order valence-electron chi connectivity index (χ1n) is 7.66. The number of carbonyl (C=O) groups excluding carboxylic acids is 1. The summed E-state index contributed by atoms with van der Waals surface area (Å²) in [4.78, 5) is 33.0. The molecule has 0 saturated carbocycles. The molecule has 122 valence electrons. The number of fused-ring (bicyclic) bond motifs is 1. The summed E-state index contributed by atoms with van der Waals surface area (Å²) >= 11 is 0. The van der Waals surface area contributed by atoms with E-state index in [2.05, 4.69) is 15.3 Å². The van der Waals surface area contributed by atoms with Crippen LogP contribution in [-0.4, -0.2) is 53.6 Å². The number of carbonyl (C=O) groups is 1. The van der Waals surface area contributed by atoms with Gasteiger partial charge in [0.2, 0.25) is 5.91 Å². The summed E-state index contributed by atoms with van der Waals surface area (Å²) < 4.78 is 5.35. The molecule has 7 heteroatoms. The molecule has 1 aliphatic rings. The van der Waals surface area contributed by atoms with Crippen molar-refractivity contribution in [1.82, 2.24) is 20.2 Å². The zero-order valence-corrected chi connectivity index (χ0v) is 13.0. The van der Waals surface area contributed by atoms with E-state index in [-0.39, 0.29) is 24.1 Å². The van der Waals surface area contributed by atoms with E-state index in [9.17, 15) is 9.59 Å². The zero-order valence-electron chi connectivity index (χ0n) is 13.0. The van der Waals surface area contributed by atoms with E-state index >= 15 is 0 Å². The maximum atomic E-state index is 12.3. The van der Waals surface area contributed by atoms with Gasteiger partial charge in [-0.25, -0.2) is 4.98 Å². The third-order valence-corrected chi connectivity index (χ3v) is 3.89. The van der Waals surface area contributed by atoms with Crippen LogP contribution in [0.2, 0.25) is 0 Å². The van der Waals surface area contributed by atoms with Crippen LogP contribution in [0.3, 0.4) is 0 Å². The minimum absolute atomic E-state index is 0.0104. The topological polar surface area (TPSA) is 87.3 Å². The number of morpholine rings is 1. The molecular weight excluding hydrogens is 296 g/mol. The minimum atomic E-state index is -0.186. The summed E-state index contributed by atoms with van der Waals surface area (Å²) in [7, 11) is 1.71. The van der Waals surface area contributed by atoms with E-state index in [1.165, 1.54) is 0 Å². The highest BCUT2D eigenvalue weighted by molar-refractivity contribution is 5.78. The molecular formula is C16H20N4O3. The molecule has 2 heterocycles. The molecule has 1 saturated heterocycles. The van der Waals surface area contributed by atoms with Crippen molar-refractivity contribution in [2.45, 2.75) is 19.0 Å². The lowest BCUT2D eigenvalue weighted by Gasteiger charge is -2.25. The SMILES string of the molecule is CN(Cc1nc2ccccc2c(=O)[nH]1)C(=O)CC1COCCN1. The fourth-order valence-electron chi connectivity index (χ4n) is 2.64. The lowest BCUT2D eigenvalue weighted by Crippen LogP contribution is -2.44. The zero-order chi connectivity index (χ0) is 16.2. The van der Waals surface area contributed by atoms with Crippen molar-refractivity contribution in [2.75, 3.05) is 26.8 Å². The number of amides is 1. The van der Waals surface area contributed by atoms with E-state index < -0.39 is 0 Å². The number of aromatic nitrogens is 2. The predicted octanol–water partition coefficient (Wildman–Crippen LogP) is 0.260. The lowest BCUT2D eigenvalue weighted by molar-refractivity contribution is -0.131. The molecule has 7 nitrogen and oxygen atoms in total. The van der Waals surface area contributed by atoms with Crippen LogP contribution in [0.1, 0.15) is 12.2 Å². The van der Waals surface area contributed by atoms with E-state index in [4.69, 9.17) is 4.74 Å². The van der Waals surface area contributed by atoms with E-state index in [1.807, 2.05) is 6.07 Å². The van der Waals surface area contributed by atoms with Gasteiger partial charge in [-0.05, 0) is 12.1 Å². The van der Waals surface area contributed by atoms with Gasteiger partial charge in [-0.3, -0.25) is 9.59 Å². The van der Waals surface area contributed by atoms with Crippen LogP contribution in [0.5, 0.6) is 0 Å². The molecule has 0 bridgehead atoms. The Hall–Kier alpha value is -2.25. The molecule has 0 spiro atoms. The molecule has 1 aliphatic heterocycles. The molecule has 1 aromatic heterocycles. The monoisotopic (exact) mass is 316 g/mol. The van der Waals surface area contributed by atoms with Crippen molar-refractivity contribution in [3.63, 3.8) is 0 Å². The second-order valence-electron chi connectivity index (χ2n) is 5.71. The van der Waals surface area contributed by atoms with Crippen molar-refractivity contribution in [3.8, 4) is 0 Å². The number of nitrogens with one attached hydrogen (secondary N) is 2. The van der Waals surface area contributed by atoms with Crippen molar-refractivity contribution in [3.05, 3.63) is 40.4 Å². The summed E-state index contributed by atoms with van der Waals surface area (Å²) in [5.74, 6) is 0.473. The molecule has 1 aromatic carbocycles. The highest BCUT2D eigenvalue weighted by Crippen LogP contribution is 2.08. The average molecular weight is 316 g/mol. The maximum Gasteiger partial charge on any atom is 0.258 e. The average Bonchev–Trinajstić information content (AvgIpc) is 2.56. The van der Waals surface area contributed by atoms with Gasteiger partial charge >= 0.3 is 0 Å². The standard InChI is InChI=1S/C16H20N4O3/c1-20(15(21)8-11-10-23-7-6-17-11)9-14-18-13-5-3-2-4-12(13)16(22)19-14/h2-5,11,17H,6-10H2,1H3,(H,18,19,22). The number of aromatic amines is 1. The first-order valence-corrected chi connectivity index (χ1v) is 7.66. The molecule has 1 fully saturated rings. The number of nitrogens with zero attached hydrogens (tertiary/aromatic N) is 2. The van der Waals surface area contributed by atoms with Crippen LogP contribution < -0.4 is 10.9 Å². The number of H-pyrrole nitrogens is 1. The molecule has 1 atom stereocenters. The predicted molar refractivity (Wildman–Crippen MR) is 86.1 cm³/mol. The number of benzene rings is 1. The Morgan fingerprint density at radius 2 is 2.26 bits per heavy atom. The van der Waals surface area contributed by atoms with Crippen molar-refractivity contribution >= 4 is 16.8 Å². The van der Waals surface area contributed by atoms with Crippen molar-refractivity contribution in [2.24, 2.45) is 0 Å². The molecule has 0 radical (unpaired) electrons. The van der Waals surface area contributed by atoms with Gasteiger partial charge in [0.25, 0.3) is 5.56 Å². The Morgan fingerprint density at radius 1 is 1.43 bits per heavy atom. The smallest absolute Gasteiger partial charge is 0.258 e. The van der Waals surface area contributed by atoms with Crippen LogP contribution in [-0.2, 0) is 16.1 Å². The van der Waals surface area contributed by atoms with Gasteiger partial charge in [0.05, 0.1) is 30.7 Å². The van der Waals surface area contributed by atoms with Crippen LogP contribution in [0, 0.1) is 0 Å². The van der Waals surface area contributed by atoms with Crippen LogP contribution in [0.25, 0.3) is 10.9 Å². The minimum Gasteiger partial charge on any atom is -0.378 e. The summed E-state index contributed by atoms with van der Waals surface area (Å²) in [6, 6.07) is 7.20. The van der Waals surface area contributed by atoms with Crippen LogP contribution in [0.4, 0.5) is 0 Å². The molecule has 1 amide bonds. The lowest BCUT2D eigenvalue weighted by atomic mass is 10.2. The van der Waals surface area contributed by atoms with Gasteiger partial charge in [0, 0.05) is 26.1 Å². The second-order valence-corrected chi connectivity index (χ2v) is 5.71. The first-order chi connectivity index (χ1) is 11.1. The Balaban J connectivity index is 1.68. The van der Waals surface area contributed by atoms with Crippen LogP contribution in [0.15, 0.2) is 29.1 Å². The second kappa shape index (κ2) is 6.89. The summed E-state index contributed by atoms with van der Waals surface area (Å²) in [5.41, 5.74) is 0.447.